The largest absolute Gasteiger partial charge is 0.465 e. The second kappa shape index (κ2) is 7.21. The number of hydrogen-bond donors (Lipinski definition) is 2. The van der Waals surface area contributed by atoms with Crippen molar-refractivity contribution in [3.05, 3.63) is 22.7 Å². The molecule has 0 aromatic heterocycles. The maximum atomic E-state index is 11.2. The van der Waals surface area contributed by atoms with Crippen molar-refractivity contribution in [3.8, 4) is 0 Å². The molecule has 0 saturated heterocycles. The zero-order valence-electron chi connectivity index (χ0n) is 11.5. The van der Waals surface area contributed by atoms with E-state index >= 15 is 0 Å². The Hall–Kier alpha value is -1.46. The third-order valence-corrected chi connectivity index (χ3v) is 3.04. The van der Waals surface area contributed by atoms with Crippen LogP contribution in [-0.2, 0) is 16.1 Å². The van der Waals surface area contributed by atoms with E-state index in [1.54, 1.807) is 6.92 Å². The topological polar surface area (TPSA) is 67.6 Å². The molecule has 106 valence electrons. The normalized spacial score (nSPS) is 10.3. The first-order chi connectivity index (χ1) is 8.97. The summed E-state index contributed by atoms with van der Waals surface area (Å²) in [5, 5.41) is 3.58. The second-order valence-electron chi connectivity index (χ2n) is 4.27. The fourth-order valence-corrected chi connectivity index (χ4v) is 2.06. The van der Waals surface area contributed by atoms with Gasteiger partial charge in [-0.15, -0.1) is 0 Å². The fourth-order valence-electron chi connectivity index (χ4n) is 1.65. The average molecular weight is 286 g/mol. The molecule has 19 heavy (non-hydrogen) atoms. The van der Waals surface area contributed by atoms with Crippen LogP contribution in [0, 0.1) is 0 Å². The first-order valence-corrected chi connectivity index (χ1v) is 6.45. The molecule has 0 spiro atoms. The molecule has 0 amide bonds. The van der Waals surface area contributed by atoms with Crippen LogP contribution < -0.4 is 16.0 Å². The van der Waals surface area contributed by atoms with Gasteiger partial charge in [-0.1, -0.05) is 11.6 Å². The predicted octanol–water partition coefficient (Wildman–Crippen LogP) is 1.64. The molecule has 3 N–H and O–H groups in total. The summed E-state index contributed by atoms with van der Waals surface area (Å²) in [6.07, 6.45) is 0. The van der Waals surface area contributed by atoms with E-state index in [9.17, 15) is 4.79 Å². The second-order valence-corrected chi connectivity index (χ2v) is 4.65. The lowest BCUT2D eigenvalue weighted by atomic mass is 10.1. The Kier molecular flexibility index (Phi) is 5.92. The third kappa shape index (κ3) is 4.29. The van der Waals surface area contributed by atoms with E-state index in [1.807, 2.05) is 31.1 Å². The molecule has 0 unspecified atom stereocenters. The Morgan fingerprint density at radius 3 is 2.74 bits per heavy atom. The van der Waals surface area contributed by atoms with Crippen molar-refractivity contribution in [1.29, 1.82) is 0 Å². The van der Waals surface area contributed by atoms with E-state index in [-0.39, 0.29) is 12.5 Å². The molecule has 6 heteroatoms. The lowest BCUT2D eigenvalue weighted by Crippen LogP contribution is -2.25. The zero-order valence-corrected chi connectivity index (χ0v) is 12.3. The summed E-state index contributed by atoms with van der Waals surface area (Å²) in [6, 6.07) is 3.68. The monoisotopic (exact) mass is 285 g/mol. The van der Waals surface area contributed by atoms with Gasteiger partial charge >= 0.3 is 5.97 Å². The Bertz CT molecular complexity index is 450. The Balaban J connectivity index is 2.72. The Morgan fingerprint density at radius 2 is 2.16 bits per heavy atom. The Labute approximate surface area is 118 Å². The van der Waals surface area contributed by atoms with Gasteiger partial charge in [-0.3, -0.25) is 4.79 Å². The minimum Gasteiger partial charge on any atom is -0.465 e. The van der Waals surface area contributed by atoms with Gasteiger partial charge in [0.2, 0.25) is 0 Å². The van der Waals surface area contributed by atoms with Crippen LogP contribution in [0.4, 0.5) is 11.4 Å². The smallest absolute Gasteiger partial charge is 0.319 e. The summed E-state index contributed by atoms with van der Waals surface area (Å²) in [4.78, 5) is 13.1. The molecule has 0 bridgehead atoms. The summed E-state index contributed by atoms with van der Waals surface area (Å²) >= 11 is 6.31. The summed E-state index contributed by atoms with van der Waals surface area (Å²) in [7, 11) is 3.82. The van der Waals surface area contributed by atoms with Crippen LogP contribution in [0.3, 0.4) is 0 Å². The van der Waals surface area contributed by atoms with Gasteiger partial charge in [0.15, 0.2) is 0 Å². The molecular formula is C13H20ClN3O2. The molecule has 5 nitrogen and oxygen atoms in total. The standard InChI is InChI=1S/C13H20ClN3O2/c1-4-19-12(18)8-16-7-9-10(15)5-6-11(13(9)14)17(2)3/h5-6,16H,4,7-8,15H2,1-3H3. The molecule has 0 aliphatic rings. The first-order valence-electron chi connectivity index (χ1n) is 6.07. The van der Waals surface area contributed by atoms with Crippen LogP contribution >= 0.6 is 11.6 Å². The molecule has 0 fully saturated rings. The van der Waals surface area contributed by atoms with Crippen LogP contribution in [0.15, 0.2) is 12.1 Å². The number of halogens is 1. The molecule has 1 aromatic carbocycles. The highest BCUT2D eigenvalue weighted by Crippen LogP contribution is 2.31. The molecule has 0 radical (unpaired) electrons. The van der Waals surface area contributed by atoms with E-state index in [4.69, 9.17) is 22.1 Å². The number of nitrogen functional groups attached to an aromatic ring is 1. The lowest BCUT2D eigenvalue weighted by molar-refractivity contribution is -0.142. The number of hydrogen-bond acceptors (Lipinski definition) is 5. The van der Waals surface area contributed by atoms with Gasteiger partial charge in [0.05, 0.1) is 23.9 Å². The summed E-state index contributed by atoms with van der Waals surface area (Å²) in [5.74, 6) is -0.291. The number of benzene rings is 1. The number of rotatable bonds is 6. The van der Waals surface area contributed by atoms with Crippen molar-refractivity contribution in [2.24, 2.45) is 0 Å². The lowest BCUT2D eigenvalue weighted by Gasteiger charge is -2.18. The fraction of sp³-hybridized carbons (Fsp3) is 0.462. The van der Waals surface area contributed by atoms with Crippen LogP contribution in [0.5, 0.6) is 0 Å². The molecule has 0 heterocycles. The van der Waals surface area contributed by atoms with Gasteiger partial charge in [-0.05, 0) is 19.1 Å². The van der Waals surface area contributed by atoms with Gasteiger partial charge in [0.25, 0.3) is 0 Å². The van der Waals surface area contributed by atoms with Crippen molar-refractivity contribution < 1.29 is 9.53 Å². The van der Waals surface area contributed by atoms with Crippen LogP contribution in [-0.4, -0.2) is 33.2 Å². The van der Waals surface area contributed by atoms with E-state index in [0.717, 1.165) is 11.3 Å². The Morgan fingerprint density at radius 1 is 1.47 bits per heavy atom. The maximum absolute atomic E-state index is 11.2. The van der Waals surface area contributed by atoms with Crippen molar-refractivity contribution in [3.63, 3.8) is 0 Å². The average Bonchev–Trinajstić information content (AvgIpc) is 2.33. The number of nitrogens with one attached hydrogen (secondary N) is 1. The number of nitrogens with two attached hydrogens (primary N) is 1. The zero-order chi connectivity index (χ0) is 14.4. The molecule has 0 atom stereocenters. The van der Waals surface area contributed by atoms with E-state index in [2.05, 4.69) is 5.32 Å². The summed E-state index contributed by atoms with van der Waals surface area (Å²) in [5.41, 5.74) is 8.19. The highest BCUT2D eigenvalue weighted by Gasteiger charge is 2.11. The number of carbonyl (C=O) groups excluding carboxylic acids is 1. The van der Waals surface area contributed by atoms with E-state index in [1.165, 1.54) is 0 Å². The van der Waals surface area contributed by atoms with Crippen LogP contribution in [0.2, 0.25) is 5.02 Å². The van der Waals surface area contributed by atoms with Gasteiger partial charge in [0, 0.05) is 31.9 Å². The molecule has 1 aromatic rings. The molecule has 1 rings (SSSR count). The van der Waals surface area contributed by atoms with Crippen molar-refractivity contribution in [1.82, 2.24) is 5.32 Å². The predicted molar refractivity (Wildman–Crippen MR) is 78.5 cm³/mol. The minimum atomic E-state index is -0.291. The van der Waals surface area contributed by atoms with E-state index in [0.29, 0.717) is 23.9 Å². The SMILES string of the molecule is CCOC(=O)CNCc1c(N)ccc(N(C)C)c1Cl. The third-order valence-electron chi connectivity index (χ3n) is 2.62. The number of anilines is 2. The highest BCUT2D eigenvalue weighted by atomic mass is 35.5. The quantitative estimate of drug-likeness (QED) is 0.614. The number of carbonyl (C=O) groups is 1. The van der Waals surface area contributed by atoms with Crippen LogP contribution in [0.1, 0.15) is 12.5 Å². The van der Waals surface area contributed by atoms with Crippen molar-refractivity contribution >= 4 is 28.9 Å². The van der Waals surface area contributed by atoms with Crippen LogP contribution in [0.25, 0.3) is 0 Å². The number of nitrogens with zero attached hydrogens (tertiary/aromatic N) is 1. The van der Waals surface area contributed by atoms with Gasteiger partial charge < -0.3 is 20.7 Å². The number of ether oxygens (including phenoxy) is 1. The van der Waals surface area contributed by atoms with Gasteiger partial charge in [-0.25, -0.2) is 0 Å². The molecule has 0 saturated carbocycles. The first kappa shape index (κ1) is 15.6. The molecule has 0 aliphatic heterocycles. The highest BCUT2D eigenvalue weighted by molar-refractivity contribution is 6.34. The minimum absolute atomic E-state index is 0.135. The molecular weight excluding hydrogens is 266 g/mol. The van der Waals surface area contributed by atoms with E-state index < -0.39 is 0 Å². The van der Waals surface area contributed by atoms with Gasteiger partial charge in [0.1, 0.15) is 0 Å². The molecule has 0 aliphatic carbocycles. The summed E-state index contributed by atoms with van der Waals surface area (Å²) < 4.78 is 4.83. The van der Waals surface area contributed by atoms with Crippen molar-refractivity contribution in [2.45, 2.75) is 13.5 Å². The summed E-state index contributed by atoms with van der Waals surface area (Å²) in [6.45, 7) is 2.70. The number of esters is 1. The van der Waals surface area contributed by atoms with Crippen molar-refractivity contribution in [2.75, 3.05) is 37.9 Å². The maximum Gasteiger partial charge on any atom is 0.319 e. The van der Waals surface area contributed by atoms with Gasteiger partial charge in [-0.2, -0.15) is 0 Å².